The summed E-state index contributed by atoms with van der Waals surface area (Å²) in [5.41, 5.74) is 6.74. The Bertz CT molecular complexity index is 314. The van der Waals surface area contributed by atoms with E-state index in [9.17, 15) is 0 Å². The van der Waals surface area contributed by atoms with Gasteiger partial charge in [0.15, 0.2) is 0 Å². The van der Waals surface area contributed by atoms with Crippen LogP contribution in [0, 0.1) is 6.92 Å². The molecule has 1 atom stereocenters. The van der Waals surface area contributed by atoms with E-state index in [4.69, 9.17) is 5.73 Å². The number of likely N-dealkylation sites (N-methyl/N-ethyl adjacent to an activating group) is 1. The van der Waals surface area contributed by atoms with Gasteiger partial charge in [0, 0.05) is 24.0 Å². The fourth-order valence-electron chi connectivity index (χ4n) is 1.60. The number of thiazole rings is 1. The molecule has 0 amide bonds. The molecule has 1 aromatic heterocycles. The van der Waals surface area contributed by atoms with Crippen LogP contribution in [0.2, 0.25) is 0 Å². The van der Waals surface area contributed by atoms with E-state index in [0.717, 1.165) is 13.0 Å². The molecule has 1 unspecified atom stereocenters. The summed E-state index contributed by atoms with van der Waals surface area (Å²) in [4.78, 5) is 8.21. The molecule has 0 bridgehead atoms. The molecule has 94 valence electrons. The molecule has 1 rings (SSSR count). The van der Waals surface area contributed by atoms with E-state index < -0.39 is 0 Å². The molecule has 0 aromatic carbocycles. The number of aromatic nitrogens is 1. The van der Waals surface area contributed by atoms with Crippen LogP contribution in [-0.4, -0.2) is 30.0 Å². The molecular formula is C11H22ClN3S. The molecule has 0 aliphatic carbocycles. The maximum absolute atomic E-state index is 5.56. The van der Waals surface area contributed by atoms with Crippen LogP contribution in [0.25, 0.3) is 0 Å². The third kappa shape index (κ3) is 3.70. The van der Waals surface area contributed by atoms with Crippen LogP contribution < -0.4 is 5.73 Å². The highest BCUT2D eigenvalue weighted by atomic mass is 35.5. The lowest BCUT2D eigenvalue weighted by atomic mass is 10.2. The summed E-state index contributed by atoms with van der Waals surface area (Å²) >= 11 is 1.83. The van der Waals surface area contributed by atoms with Crippen LogP contribution >= 0.6 is 23.7 Å². The minimum absolute atomic E-state index is 0. The molecule has 0 aliphatic heterocycles. The topological polar surface area (TPSA) is 42.2 Å². The number of aryl methyl sites for hydroxylation is 2. The zero-order valence-corrected chi connectivity index (χ0v) is 12.1. The quantitative estimate of drug-likeness (QED) is 0.887. The van der Waals surface area contributed by atoms with Crippen molar-refractivity contribution in [2.75, 3.05) is 20.1 Å². The highest BCUT2D eigenvalue weighted by Gasteiger charge is 2.16. The van der Waals surface area contributed by atoms with Gasteiger partial charge in [0.1, 0.15) is 0 Å². The maximum Gasteiger partial charge on any atom is 0.0928 e. The SMILES string of the molecule is CCc1nc(C)c(C(C)N(C)CCN)s1.Cl. The molecule has 1 aromatic rings. The Morgan fingerprint density at radius 2 is 2.12 bits per heavy atom. The van der Waals surface area contributed by atoms with Crippen molar-refractivity contribution in [1.82, 2.24) is 9.88 Å². The van der Waals surface area contributed by atoms with Crippen molar-refractivity contribution in [2.24, 2.45) is 5.73 Å². The highest BCUT2D eigenvalue weighted by Crippen LogP contribution is 2.28. The molecule has 0 fully saturated rings. The first-order valence-electron chi connectivity index (χ1n) is 5.46. The Labute approximate surface area is 108 Å². The van der Waals surface area contributed by atoms with E-state index in [-0.39, 0.29) is 12.4 Å². The van der Waals surface area contributed by atoms with Crippen molar-refractivity contribution in [3.63, 3.8) is 0 Å². The monoisotopic (exact) mass is 263 g/mol. The van der Waals surface area contributed by atoms with Crippen LogP contribution in [-0.2, 0) is 6.42 Å². The van der Waals surface area contributed by atoms with Crippen LogP contribution in [0.5, 0.6) is 0 Å². The number of hydrogen-bond donors (Lipinski definition) is 1. The number of halogens is 1. The van der Waals surface area contributed by atoms with E-state index in [1.54, 1.807) is 0 Å². The predicted octanol–water partition coefficient (Wildman–Crippen LogP) is 2.39. The van der Waals surface area contributed by atoms with Gasteiger partial charge in [-0.1, -0.05) is 6.92 Å². The minimum Gasteiger partial charge on any atom is -0.329 e. The Balaban J connectivity index is 0.00000225. The first-order valence-corrected chi connectivity index (χ1v) is 6.28. The zero-order valence-electron chi connectivity index (χ0n) is 10.5. The number of nitrogens with zero attached hydrogens (tertiary/aromatic N) is 2. The molecule has 1 heterocycles. The first kappa shape index (κ1) is 15.8. The van der Waals surface area contributed by atoms with Crippen molar-refractivity contribution in [3.8, 4) is 0 Å². The summed E-state index contributed by atoms with van der Waals surface area (Å²) in [5, 5.41) is 1.23. The molecule has 16 heavy (non-hydrogen) atoms. The zero-order chi connectivity index (χ0) is 11.4. The second-order valence-electron chi connectivity index (χ2n) is 3.86. The fraction of sp³-hybridized carbons (Fsp3) is 0.727. The van der Waals surface area contributed by atoms with E-state index in [1.807, 2.05) is 11.3 Å². The van der Waals surface area contributed by atoms with Gasteiger partial charge in [0.05, 0.1) is 10.7 Å². The minimum atomic E-state index is 0. The number of nitrogens with two attached hydrogens (primary N) is 1. The van der Waals surface area contributed by atoms with Crippen LogP contribution in [0.3, 0.4) is 0 Å². The van der Waals surface area contributed by atoms with Crippen LogP contribution in [0.4, 0.5) is 0 Å². The summed E-state index contributed by atoms with van der Waals surface area (Å²) in [6.45, 7) is 8.10. The van der Waals surface area contributed by atoms with Crippen molar-refractivity contribution in [3.05, 3.63) is 15.6 Å². The van der Waals surface area contributed by atoms with Crippen LogP contribution in [0.15, 0.2) is 0 Å². The van der Waals surface area contributed by atoms with Gasteiger partial charge in [0.25, 0.3) is 0 Å². The van der Waals surface area contributed by atoms with Crippen molar-refractivity contribution in [1.29, 1.82) is 0 Å². The van der Waals surface area contributed by atoms with Gasteiger partial charge in [-0.15, -0.1) is 23.7 Å². The number of rotatable bonds is 5. The average Bonchev–Trinajstić information content (AvgIpc) is 2.59. The second-order valence-corrected chi connectivity index (χ2v) is 4.97. The third-order valence-electron chi connectivity index (χ3n) is 2.70. The third-order valence-corrected chi connectivity index (χ3v) is 4.17. The summed E-state index contributed by atoms with van der Waals surface area (Å²) in [7, 11) is 2.11. The molecular weight excluding hydrogens is 242 g/mol. The van der Waals surface area contributed by atoms with Crippen molar-refractivity contribution >= 4 is 23.7 Å². The van der Waals surface area contributed by atoms with E-state index in [1.165, 1.54) is 15.6 Å². The van der Waals surface area contributed by atoms with Gasteiger partial charge < -0.3 is 5.73 Å². The summed E-state index contributed by atoms with van der Waals surface area (Å²) in [5.74, 6) is 0. The lowest BCUT2D eigenvalue weighted by Gasteiger charge is -2.23. The molecule has 2 N–H and O–H groups in total. The van der Waals surface area contributed by atoms with Gasteiger partial charge in [-0.25, -0.2) is 4.98 Å². The molecule has 0 saturated carbocycles. The largest absolute Gasteiger partial charge is 0.329 e. The Kier molecular flexibility index (Phi) is 7.15. The van der Waals surface area contributed by atoms with Gasteiger partial charge in [-0.3, -0.25) is 4.90 Å². The smallest absolute Gasteiger partial charge is 0.0928 e. The standard InChI is InChI=1S/C11H21N3S.ClH/c1-5-10-13-8(2)11(15-10)9(3)14(4)7-6-12;/h9H,5-7,12H2,1-4H3;1H. The lowest BCUT2D eigenvalue weighted by Crippen LogP contribution is -2.28. The highest BCUT2D eigenvalue weighted by molar-refractivity contribution is 7.11. The number of hydrogen-bond acceptors (Lipinski definition) is 4. The molecule has 3 nitrogen and oxygen atoms in total. The Morgan fingerprint density at radius 3 is 2.56 bits per heavy atom. The molecule has 0 aliphatic rings. The summed E-state index contributed by atoms with van der Waals surface area (Å²) in [6, 6.07) is 0.423. The summed E-state index contributed by atoms with van der Waals surface area (Å²) < 4.78 is 0. The first-order chi connectivity index (χ1) is 7.10. The molecule has 5 heteroatoms. The van der Waals surface area contributed by atoms with E-state index >= 15 is 0 Å². The summed E-state index contributed by atoms with van der Waals surface area (Å²) in [6.07, 6.45) is 1.03. The van der Waals surface area contributed by atoms with Gasteiger partial charge in [-0.05, 0) is 27.3 Å². The molecule has 0 spiro atoms. The Hall–Kier alpha value is -0.160. The van der Waals surface area contributed by atoms with Crippen molar-refractivity contribution < 1.29 is 0 Å². The van der Waals surface area contributed by atoms with Gasteiger partial charge in [0.2, 0.25) is 0 Å². The second kappa shape index (κ2) is 7.22. The average molecular weight is 264 g/mol. The maximum atomic E-state index is 5.56. The van der Waals surface area contributed by atoms with E-state index in [2.05, 4.69) is 37.7 Å². The predicted molar refractivity (Wildman–Crippen MR) is 73.6 cm³/mol. The van der Waals surface area contributed by atoms with Crippen LogP contribution in [0.1, 0.15) is 35.5 Å². The van der Waals surface area contributed by atoms with Crippen molar-refractivity contribution in [2.45, 2.75) is 33.2 Å². The Morgan fingerprint density at radius 1 is 1.50 bits per heavy atom. The van der Waals surface area contributed by atoms with Gasteiger partial charge >= 0.3 is 0 Å². The van der Waals surface area contributed by atoms with E-state index in [0.29, 0.717) is 12.6 Å². The fourth-order valence-corrected chi connectivity index (χ4v) is 2.73. The lowest BCUT2D eigenvalue weighted by molar-refractivity contribution is 0.271. The molecule has 0 saturated heterocycles. The normalized spacial score (nSPS) is 12.6. The van der Waals surface area contributed by atoms with Gasteiger partial charge in [-0.2, -0.15) is 0 Å². The molecule has 0 radical (unpaired) electrons.